The van der Waals surface area contributed by atoms with E-state index in [4.69, 9.17) is 0 Å². The van der Waals surface area contributed by atoms with Gasteiger partial charge in [0, 0.05) is 11.8 Å². The van der Waals surface area contributed by atoms with Crippen LogP contribution in [0.25, 0.3) is 10.9 Å². The zero-order chi connectivity index (χ0) is 19.7. The fourth-order valence-electron chi connectivity index (χ4n) is 3.70. The van der Waals surface area contributed by atoms with Gasteiger partial charge in [-0.15, -0.1) is 0 Å². The third-order valence-electron chi connectivity index (χ3n) is 5.09. The lowest BCUT2D eigenvalue weighted by Crippen LogP contribution is -2.26. The van der Waals surface area contributed by atoms with Crippen molar-refractivity contribution in [1.82, 2.24) is 9.55 Å². The summed E-state index contributed by atoms with van der Waals surface area (Å²) in [4.78, 5) is 17.8. The second-order valence-electron chi connectivity index (χ2n) is 7.01. The summed E-state index contributed by atoms with van der Waals surface area (Å²) < 4.78 is 40.6. The Hall–Kier alpha value is -2.28. The first kappa shape index (κ1) is 19.1. The van der Waals surface area contributed by atoms with Crippen LogP contribution in [0.3, 0.4) is 0 Å². The molecule has 0 spiro atoms. The van der Waals surface area contributed by atoms with E-state index in [1.54, 1.807) is 22.8 Å². The SMILES string of the molecule is O=c1c2ccccc2nc(SCc2cccc(C(F)(F)F)c2)n1C1CCCC1. The molecule has 0 aliphatic heterocycles. The van der Waals surface area contributed by atoms with E-state index in [1.807, 2.05) is 12.1 Å². The monoisotopic (exact) mass is 404 g/mol. The Bertz CT molecular complexity index is 1060. The predicted octanol–water partition coefficient (Wildman–Crippen LogP) is 5.82. The molecule has 7 heteroatoms. The minimum Gasteiger partial charge on any atom is -0.284 e. The molecule has 0 N–H and O–H groups in total. The molecular weight excluding hydrogens is 385 g/mol. The molecule has 28 heavy (non-hydrogen) atoms. The Morgan fingerprint density at radius 1 is 1.07 bits per heavy atom. The van der Waals surface area contributed by atoms with Gasteiger partial charge in [-0.3, -0.25) is 9.36 Å². The van der Waals surface area contributed by atoms with Crippen molar-refractivity contribution in [2.75, 3.05) is 0 Å². The van der Waals surface area contributed by atoms with E-state index in [1.165, 1.54) is 17.8 Å². The molecule has 2 aromatic carbocycles. The smallest absolute Gasteiger partial charge is 0.284 e. The van der Waals surface area contributed by atoms with Crippen molar-refractivity contribution in [3.05, 3.63) is 70.0 Å². The van der Waals surface area contributed by atoms with Gasteiger partial charge in [0.1, 0.15) is 0 Å². The summed E-state index contributed by atoms with van der Waals surface area (Å²) >= 11 is 1.32. The number of thioether (sulfide) groups is 1. The second-order valence-corrected chi connectivity index (χ2v) is 7.95. The summed E-state index contributed by atoms with van der Waals surface area (Å²) in [5.41, 5.74) is 0.447. The van der Waals surface area contributed by atoms with E-state index in [0.717, 1.165) is 37.8 Å². The van der Waals surface area contributed by atoms with Crippen molar-refractivity contribution in [3.8, 4) is 0 Å². The zero-order valence-electron chi connectivity index (χ0n) is 15.1. The predicted molar refractivity (Wildman–Crippen MR) is 105 cm³/mol. The molecular formula is C21H19F3N2OS. The van der Waals surface area contributed by atoms with Crippen molar-refractivity contribution in [2.45, 2.75) is 48.8 Å². The molecule has 0 bridgehead atoms. The number of para-hydroxylation sites is 1. The molecule has 3 nitrogen and oxygen atoms in total. The Balaban J connectivity index is 1.70. The molecule has 0 saturated heterocycles. The van der Waals surface area contributed by atoms with Gasteiger partial charge in [0.15, 0.2) is 5.16 Å². The van der Waals surface area contributed by atoms with Crippen molar-refractivity contribution in [1.29, 1.82) is 0 Å². The van der Waals surface area contributed by atoms with Crippen LogP contribution >= 0.6 is 11.8 Å². The Morgan fingerprint density at radius 3 is 2.57 bits per heavy atom. The zero-order valence-corrected chi connectivity index (χ0v) is 15.9. The molecule has 1 aliphatic rings. The van der Waals surface area contributed by atoms with Gasteiger partial charge in [0.05, 0.1) is 16.5 Å². The molecule has 0 atom stereocenters. The van der Waals surface area contributed by atoms with Crippen LogP contribution in [-0.2, 0) is 11.9 Å². The molecule has 146 valence electrons. The summed E-state index contributed by atoms with van der Waals surface area (Å²) in [6.45, 7) is 0. The topological polar surface area (TPSA) is 34.9 Å². The Morgan fingerprint density at radius 2 is 1.82 bits per heavy atom. The third-order valence-corrected chi connectivity index (χ3v) is 6.11. The van der Waals surface area contributed by atoms with Gasteiger partial charge >= 0.3 is 6.18 Å². The number of nitrogens with zero attached hydrogens (tertiary/aromatic N) is 2. The Kier molecular flexibility index (Phi) is 5.19. The van der Waals surface area contributed by atoms with Crippen molar-refractivity contribution in [2.24, 2.45) is 0 Å². The molecule has 4 rings (SSSR count). The summed E-state index contributed by atoms with van der Waals surface area (Å²) in [5.74, 6) is 0.321. The minimum atomic E-state index is -4.37. The summed E-state index contributed by atoms with van der Waals surface area (Å²) in [6, 6.07) is 12.6. The maximum absolute atomic E-state index is 13.1. The van der Waals surface area contributed by atoms with E-state index in [9.17, 15) is 18.0 Å². The number of alkyl halides is 3. The van der Waals surface area contributed by atoms with Crippen LogP contribution in [0.15, 0.2) is 58.5 Å². The first-order valence-corrected chi connectivity index (χ1v) is 10.2. The van der Waals surface area contributed by atoms with Crippen molar-refractivity contribution < 1.29 is 13.2 Å². The van der Waals surface area contributed by atoms with Gasteiger partial charge in [-0.1, -0.05) is 54.9 Å². The molecule has 3 aromatic rings. The lowest BCUT2D eigenvalue weighted by Gasteiger charge is -2.18. The minimum absolute atomic E-state index is 0.0657. The Labute approximate surface area is 164 Å². The highest BCUT2D eigenvalue weighted by Gasteiger charge is 2.30. The average molecular weight is 404 g/mol. The van der Waals surface area contributed by atoms with Gasteiger partial charge in [-0.25, -0.2) is 4.98 Å². The highest BCUT2D eigenvalue weighted by atomic mass is 32.2. The molecule has 0 unspecified atom stereocenters. The number of hydrogen-bond donors (Lipinski definition) is 0. The van der Waals surface area contributed by atoms with E-state index < -0.39 is 11.7 Å². The molecule has 1 aliphatic carbocycles. The van der Waals surface area contributed by atoms with Crippen LogP contribution in [0, 0.1) is 0 Å². The number of aromatic nitrogens is 2. The highest BCUT2D eigenvalue weighted by Crippen LogP contribution is 2.34. The van der Waals surface area contributed by atoms with Crippen LogP contribution in [0.4, 0.5) is 13.2 Å². The number of fused-ring (bicyclic) bond motifs is 1. The quantitative estimate of drug-likeness (QED) is 0.406. The standard InChI is InChI=1S/C21H19F3N2OS/c22-21(23,24)15-7-5-6-14(12-15)13-28-20-25-18-11-4-3-10-17(18)19(27)26(20)16-8-1-2-9-16/h3-7,10-12,16H,1-2,8-9,13H2. The molecule has 1 fully saturated rings. The van der Waals surface area contributed by atoms with Crippen LogP contribution in [0.1, 0.15) is 42.9 Å². The fourth-order valence-corrected chi connectivity index (χ4v) is 4.71. The van der Waals surface area contributed by atoms with Gasteiger partial charge in [0.2, 0.25) is 0 Å². The first-order valence-electron chi connectivity index (χ1n) is 9.24. The summed E-state index contributed by atoms with van der Waals surface area (Å²) in [7, 11) is 0. The number of benzene rings is 2. The van der Waals surface area contributed by atoms with Crippen LogP contribution < -0.4 is 5.56 Å². The number of rotatable bonds is 4. The average Bonchev–Trinajstić information content (AvgIpc) is 3.20. The largest absolute Gasteiger partial charge is 0.416 e. The first-order chi connectivity index (χ1) is 13.4. The van der Waals surface area contributed by atoms with Crippen molar-refractivity contribution >= 4 is 22.7 Å². The summed E-state index contributed by atoms with van der Waals surface area (Å²) in [6.07, 6.45) is -0.370. The molecule has 1 saturated carbocycles. The van der Waals surface area contributed by atoms with Crippen LogP contribution in [-0.4, -0.2) is 9.55 Å². The molecule has 0 amide bonds. The summed E-state index contributed by atoms with van der Waals surface area (Å²) in [5, 5.41) is 1.16. The third kappa shape index (κ3) is 3.81. The van der Waals surface area contributed by atoms with Crippen molar-refractivity contribution in [3.63, 3.8) is 0 Å². The lowest BCUT2D eigenvalue weighted by atomic mass is 10.1. The van der Waals surface area contributed by atoms with E-state index in [2.05, 4.69) is 4.98 Å². The number of halogens is 3. The highest BCUT2D eigenvalue weighted by molar-refractivity contribution is 7.98. The molecule has 0 radical (unpaired) electrons. The van der Waals surface area contributed by atoms with Crippen LogP contribution in [0.5, 0.6) is 0 Å². The van der Waals surface area contributed by atoms with Gasteiger partial charge in [-0.2, -0.15) is 13.2 Å². The fraction of sp³-hybridized carbons (Fsp3) is 0.333. The van der Waals surface area contributed by atoms with Gasteiger partial charge < -0.3 is 0 Å². The molecule has 1 heterocycles. The maximum Gasteiger partial charge on any atom is 0.416 e. The number of hydrogen-bond acceptors (Lipinski definition) is 3. The van der Waals surface area contributed by atoms with Gasteiger partial charge in [0.25, 0.3) is 5.56 Å². The molecule has 1 aromatic heterocycles. The van der Waals surface area contributed by atoms with E-state index in [-0.39, 0.29) is 11.6 Å². The van der Waals surface area contributed by atoms with E-state index >= 15 is 0 Å². The van der Waals surface area contributed by atoms with Crippen LogP contribution in [0.2, 0.25) is 0 Å². The van der Waals surface area contributed by atoms with E-state index in [0.29, 0.717) is 27.4 Å². The normalized spacial score (nSPS) is 15.4. The van der Waals surface area contributed by atoms with Gasteiger partial charge in [-0.05, 0) is 36.6 Å². The maximum atomic E-state index is 13.1. The lowest BCUT2D eigenvalue weighted by molar-refractivity contribution is -0.137. The second kappa shape index (κ2) is 7.62.